The summed E-state index contributed by atoms with van der Waals surface area (Å²) in [5.74, 6) is 0. The average molecular weight is 430 g/mol. The second-order valence-electron chi connectivity index (χ2n) is 6.34. The van der Waals surface area contributed by atoms with Crippen LogP contribution in [0.4, 0.5) is 18.9 Å². The molecule has 1 aromatic heterocycles. The summed E-state index contributed by atoms with van der Waals surface area (Å²) in [6.45, 7) is 4.82. The Labute approximate surface area is 161 Å². The number of alkyl halides is 3. The van der Waals surface area contributed by atoms with E-state index in [-0.39, 0.29) is 9.74 Å². The highest BCUT2D eigenvalue weighted by Crippen LogP contribution is 2.35. The summed E-state index contributed by atoms with van der Waals surface area (Å²) in [5.41, 5.74) is -2.00. The van der Waals surface area contributed by atoms with Gasteiger partial charge in [-0.1, -0.05) is 22.5 Å². The lowest BCUT2D eigenvalue weighted by atomic mass is 10.1. The number of nitro benzene ring substituents is 1. The Hall–Kier alpha value is -3.22. The standard InChI is InChI=1S/C16H13F3N4O5S/c1-8-4-9(2)15(10(3)5-8)29(26,27)28-22-12-6-11(16(17,18)19)7-13(23(24)25)14(12)20-21-22/h4-7H,1-3H3. The zero-order valence-electron chi connectivity index (χ0n) is 15.2. The average Bonchev–Trinajstić information content (AvgIpc) is 2.94. The van der Waals surface area contributed by atoms with E-state index in [4.69, 9.17) is 4.28 Å². The SMILES string of the molecule is Cc1cc(C)c(S(=O)(=O)On2nnc3c([N+](=O)[O-])cc(C(F)(F)F)cc32)c(C)c1. The maximum atomic E-state index is 13.1. The number of fused-ring (bicyclic) bond motifs is 1. The largest absolute Gasteiger partial charge is 0.416 e. The summed E-state index contributed by atoms with van der Waals surface area (Å²) in [5, 5.41) is 17.9. The first-order chi connectivity index (χ1) is 13.3. The number of halogens is 3. The Morgan fingerprint density at radius 1 is 1.10 bits per heavy atom. The Morgan fingerprint density at radius 3 is 2.21 bits per heavy atom. The van der Waals surface area contributed by atoms with Gasteiger partial charge in [-0.05, 0) is 43.2 Å². The lowest BCUT2D eigenvalue weighted by Crippen LogP contribution is -2.23. The zero-order valence-corrected chi connectivity index (χ0v) is 16.0. The van der Waals surface area contributed by atoms with E-state index >= 15 is 0 Å². The summed E-state index contributed by atoms with van der Waals surface area (Å²) >= 11 is 0. The maximum Gasteiger partial charge on any atom is 0.416 e. The third-order valence-corrected chi connectivity index (χ3v) is 5.53. The third kappa shape index (κ3) is 3.72. The third-order valence-electron chi connectivity index (χ3n) is 4.05. The summed E-state index contributed by atoms with van der Waals surface area (Å²) < 4.78 is 69.7. The molecule has 9 nitrogen and oxygen atoms in total. The van der Waals surface area contributed by atoms with Crippen molar-refractivity contribution in [2.45, 2.75) is 31.8 Å². The van der Waals surface area contributed by atoms with Crippen LogP contribution in [0.2, 0.25) is 0 Å². The molecule has 0 amide bonds. The van der Waals surface area contributed by atoms with Gasteiger partial charge in [0.25, 0.3) is 5.69 Å². The Kier molecular flexibility index (Phi) is 4.73. The topological polar surface area (TPSA) is 117 Å². The normalized spacial score (nSPS) is 12.3. The van der Waals surface area contributed by atoms with E-state index in [9.17, 15) is 31.7 Å². The monoisotopic (exact) mass is 430 g/mol. The Balaban J connectivity index is 2.19. The molecule has 0 radical (unpaired) electrons. The van der Waals surface area contributed by atoms with Gasteiger partial charge in [0, 0.05) is 6.07 Å². The fourth-order valence-corrected chi connectivity index (χ4v) is 4.31. The van der Waals surface area contributed by atoms with Crippen LogP contribution >= 0.6 is 0 Å². The van der Waals surface area contributed by atoms with Crippen molar-refractivity contribution in [1.82, 2.24) is 15.2 Å². The fourth-order valence-electron chi connectivity index (χ4n) is 3.04. The van der Waals surface area contributed by atoms with Crippen LogP contribution in [0.15, 0.2) is 29.2 Å². The molecule has 0 aliphatic heterocycles. The minimum atomic E-state index is -4.92. The minimum absolute atomic E-state index is 0.187. The highest BCUT2D eigenvalue weighted by molar-refractivity contribution is 7.87. The first-order valence-corrected chi connectivity index (χ1v) is 9.36. The van der Waals surface area contributed by atoms with E-state index in [0.717, 1.165) is 5.56 Å². The Morgan fingerprint density at radius 2 is 1.69 bits per heavy atom. The summed E-state index contributed by atoms with van der Waals surface area (Å²) in [7, 11) is -4.52. The first kappa shape index (κ1) is 20.5. The van der Waals surface area contributed by atoms with Crippen molar-refractivity contribution in [2.75, 3.05) is 0 Å². The van der Waals surface area contributed by atoms with E-state index in [1.807, 2.05) is 0 Å². The number of rotatable bonds is 4. The van der Waals surface area contributed by atoms with E-state index in [0.29, 0.717) is 23.3 Å². The van der Waals surface area contributed by atoms with Gasteiger partial charge in [-0.2, -0.15) is 21.6 Å². The van der Waals surface area contributed by atoms with Crippen LogP contribution < -0.4 is 4.28 Å². The Bertz CT molecular complexity index is 1230. The van der Waals surface area contributed by atoms with Crippen LogP contribution in [-0.2, 0) is 16.3 Å². The van der Waals surface area contributed by atoms with Crippen molar-refractivity contribution in [1.29, 1.82) is 0 Å². The number of nitro groups is 1. The molecular weight excluding hydrogens is 417 g/mol. The van der Waals surface area contributed by atoms with Gasteiger partial charge in [-0.25, -0.2) is 0 Å². The van der Waals surface area contributed by atoms with Gasteiger partial charge in [0.05, 0.1) is 10.5 Å². The number of benzene rings is 2. The van der Waals surface area contributed by atoms with Crippen LogP contribution in [0.25, 0.3) is 11.0 Å². The molecule has 0 aliphatic rings. The molecule has 0 atom stereocenters. The quantitative estimate of drug-likeness (QED) is 0.461. The van der Waals surface area contributed by atoms with Gasteiger partial charge < -0.3 is 0 Å². The first-order valence-electron chi connectivity index (χ1n) is 7.95. The maximum absolute atomic E-state index is 13.1. The molecule has 29 heavy (non-hydrogen) atoms. The molecule has 0 aliphatic carbocycles. The predicted octanol–water partition coefficient (Wildman–Crippen LogP) is 3.10. The van der Waals surface area contributed by atoms with Crippen molar-refractivity contribution in [3.63, 3.8) is 0 Å². The molecule has 1 heterocycles. The number of nitrogens with zero attached hydrogens (tertiary/aromatic N) is 4. The molecule has 0 bridgehead atoms. The molecule has 0 saturated carbocycles. The lowest BCUT2D eigenvalue weighted by molar-refractivity contribution is -0.383. The lowest BCUT2D eigenvalue weighted by Gasteiger charge is -2.12. The number of hydrogen-bond donors (Lipinski definition) is 0. The number of hydrogen-bond acceptors (Lipinski definition) is 7. The number of aromatic nitrogens is 3. The summed E-state index contributed by atoms with van der Waals surface area (Å²) in [6, 6.07) is 3.96. The predicted molar refractivity (Wildman–Crippen MR) is 93.6 cm³/mol. The molecule has 3 rings (SSSR count). The van der Waals surface area contributed by atoms with Crippen LogP contribution in [0, 0.1) is 30.9 Å². The highest BCUT2D eigenvalue weighted by Gasteiger charge is 2.35. The van der Waals surface area contributed by atoms with Crippen LogP contribution in [0.5, 0.6) is 0 Å². The van der Waals surface area contributed by atoms with Crippen molar-refractivity contribution >= 4 is 26.8 Å². The second kappa shape index (κ2) is 6.69. The number of aryl methyl sites for hydroxylation is 3. The van der Waals surface area contributed by atoms with Crippen LogP contribution in [0.1, 0.15) is 22.3 Å². The van der Waals surface area contributed by atoms with Gasteiger partial charge >= 0.3 is 16.3 Å². The van der Waals surface area contributed by atoms with Crippen molar-refractivity contribution in [2.24, 2.45) is 0 Å². The molecular formula is C16H13F3N4O5S. The summed E-state index contributed by atoms with van der Waals surface area (Å²) in [4.78, 5) is 10.1. The molecule has 0 spiro atoms. The zero-order chi connectivity index (χ0) is 21.7. The van der Waals surface area contributed by atoms with Crippen molar-refractivity contribution in [3.05, 3.63) is 56.6 Å². The minimum Gasteiger partial charge on any atom is -0.264 e. The summed E-state index contributed by atoms with van der Waals surface area (Å²) in [6.07, 6.45) is -4.92. The van der Waals surface area contributed by atoms with Crippen molar-refractivity contribution in [3.8, 4) is 0 Å². The van der Waals surface area contributed by atoms with Crippen molar-refractivity contribution < 1.29 is 30.8 Å². The molecule has 154 valence electrons. The molecule has 2 aromatic carbocycles. The van der Waals surface area contributed by atoms with Crippen LogP contribution in [-0.4, -0.2) is 28.5 Å². The molecule has 0 N–H and O–H groups in total. The van der Waals surface area contributed by atoms with E-state index < -0.39 is 43.5 Å². The molecule has 0 fully saturated rings. The molecule has 0 unspecified atom stereocenters. The van der Waals surface area contributed by atoms with Gasteiger partial charge in [-0.15, -0.1) is 5.10 Å². The van der Waals surface area contributed by atoms with Gasteiger partial charge in [0.1, 0.15) is 10.4 Å². The smallest absolute Gasteiger partial charge is 0.264 e. The molecule has 0 saturated heterocycles. The van der Waals surface area contributed by atoms with E-state index in [1.54, 1.807) is 19.1 Å². The van der Waals surface area contributed by atoms with Crippen LogP contribution in [0.3, 0.4) is 0 Å². The molecule has 13 heteroatoms. The number of non-ortho nitro benzene ring substituents is 1. The molecule has 3 aromatic rings. The van der Waals surface area contributed by atoms with E-state index in [1.165, 1.54) is 13.8 Å². The van der Waals surface area contributed by atoms with E-state index in [2.05, 4.69) is 10.3 Å². The van der Waals surface area contributed by atoms with Gasteiger partial charge in [0.15, 0.2) is 5.52 Å². The van der Waals surface area contributed by atoms with Gasteiger partial charge in [0.2, 0.25) is 0 Å². The fraction of sp³-hybridized carbons (Fsp3) is 0.250. The van der Waals surface area contributed by atoms with Gasteiger partial charge in [-0.3, -0.25) is 14.4 Å². The second-order valence-corrected chi connectivity index (χ2v) is 7.80. The highest BCUT2D eigenvalue weighted by atomic mass is 32.2.